The molecule has 0 saturated heterocycles. The number of amides is 1. The van der Waals surface area contributed by atoms with E-state index in [1.54, 1.807) is 45.0 Å². The molecule has 1 amide bonds. The van der Waals surface area contributed by atoms with Crippen LogP contribution in [-0.2, 0) is 9.47 Å². The molecule has 31 heavy (non-hydrogen) atoms. The Morgan fingerprint density at radius 3 is 2.39 bits per heavy atom. The molecular weight excluding hydrogens is 420 g/mol. The van der Waals surface area contributed by atoms with Crippen LogP contribution in [0.1, 0.15) is 62.7 Å². The highest BCUT2D eigenvalue weighted by atomic mass is 35.5. The van der Waals surface area contributed by atoms with Crippen molar-refractivity contribution in [2.24, 2.45) is 0 Å². The number of carbonyl (C=O) groups excluding carboxylic acids is 3. The van der Waals surface area contributed by atoms with Gasteiger partial charge < -0.3 is 19.4 Å². The van der Waals surface area contributed by atoms with Crippen LogP contribution in [0.3, 0.4) is 0 Å². The van der Waals surface area contributed by atoms with E-state index in [4.69, 9.17) is 21.1 Å². The van der Waals surface area contributed by atoms with Crippen LogP contribution in [-0.4, -0.2) is 60.5 Å². The maximum absolute atomic E-state index is 13.4. The van der Waals surface area contributed by atoms with E-state index in [-0.39, 0.29) is 17.4 Å². The summed E-state index contributed by atoms with van der Waals surface area (Å²) in [6.07, 6.45) is 0.587. The maximum Gasteiger partial charge on any atom is 0.354 e. The molecule has 1 N–H and O–H groups in total. The van der Waals surface area contributed by atoms with Gasteiger partial charge in [-0.2, -0.15) is 0 Å². The Kier molecular flexibility index (Phi) is 8.83. The second kappa shape index (κ2) is 11.1. The number of ether oxygens (including phenoxy) is 2. The van der Waals surface area contributed by atoms with Gasteiger partial charge in [0.1, 0.15) is 5.69 Å². The minimum atomic E-state index is -0.747. The summed E-state index contributed by atoms with van der Waals surface area (Å²) in [5, 5.41) is 0.525. The summed E-state index contributed by atoms with van der Waals surface area (Å²) in [6.45, 7) is 8.42. The lowest BCUT2D eigenvalue weighted by Gasteiger charge is -2.29. The Morgan fingerprint density at radius 1 is 1.16 bits per heavy atom. The van der Waals surface area contributed by atoms with Crippen molar-refractivity contribution in [3.05, 3.63) is 57.4 Å². The average Bonchev–Trinajstić information content (AvgIpc) is 3.06. The fraction of sp³-hybridized carbons (Fsp3) is 0.435. The number of halogens is 1. The molecule has 2 rings (SSSR count). The van der Waals surface area contributed by atoms with Gasteiger partial charge in [0.15, 0.2) is 5.78 Å². The molecule has 8 heteroatoms. The lowest BCUT2D eigenvalue weighted by atomic mass is 9.99. The monoisotopic (exact) mass is 448 g/mol. The van der Waals surface area contributed by atoms with E-state index in [0.717, 1.165) is 0 Å². The molecule has 168 valence electrons. The number of esters is 1. The predicted octanol–water partition coefficient (Wildman–Crippen LogP) is 4.21. The molecule has 0 bridgehead atoms. The van der Waals surface area contributed by atoms with Gasteiger partial charge in [-0.05, 0) is 63.9 Å². The Bertz CT molecular complexity index is 936. The summed E-state index contributed by atoms with van der Waals surface area (Å²) < 4.78 is 10.2. The lowest BCUT2D eigenvalue weighted by Crippen LogP contribution is -2.44. The van der Waals surface area contributed by atoms with Crippen LogP contribution in [0, 0.1) is 13.8 Å². The summed E-state index contributed by atoms with van der Waals surface area (Å²) in [5.41, 5.74) is 2.14. The number of Topliss-reactive ketones (excluding diaryl/α,β-unsaturated/α-hetero) is 1. The number of nitrogens with one attached hydrogen (secondary N) is 1. The molecule has 1 aromatic carbocycles. The number of nitrogens with zero attached hydrogens (tertiary/aromatic N) is 1. The second-order valence-electron chi connectivity index (χ2n) is 7.21. The number of aryl methyl sites for hydroxylation is 1. The lowest BCUT2D eigenvalue weighted by molar-refractivity contribution is 0.0588. The highest BCUT2D eigenvalue weighted by molar-refractivity contribution is 6.30. The third-order valence-electron chi connectivity index (χ3n) is 5.16. The molecule has 0 radical (unpaired) electrons. The molecule has 1 aromatic heterocycles. The Balaban J connectivity index is 2.35. The van der Waals surface area contributed by atoms with E-state index in [0.29, 0.717) is 53.6 Å². The number of aromatic amines is 1. The van der Waals surface area contributed by atoms with Crippen molar-refractivity contribution in [3.8, 4) is 0 Å². The fourth-order valence-electron chi connectivity index (χ4n) is 3.49. The van der Waals surface area contributed by atoms with Gasteiger partial charge in [-0.3, -0.25) is 9.59 Å². The highest BCUT2D eigenvalue weighted by Gasteiger charge is 2.31. The van der Waals surface area contributed by atoms with Crippen LogP contribution in [0.15, 0.2) is 24.3 Å². The number of hydrogen-bond donors (Lipinski definition) is 1. The van der Waals surface area contributed by atoms with Gasteiger partial charge in [0, 0.05) is 41.6 Å². The van der Waals surface area contributed by atoms with E-state index < -0.39 is 12.0 Å². The molecule has 1 atom stereocenters. The molecule has 7 nitrogen and oxygen atoms in total. The van der Waals surface area contributed by atoms with E-state index in [1.807, 2.05) is 6.92 Å². The third-order valence-corrected chi connectivity index (χ3v) is 5.42. The summed E-state index contributed by atoms with van der Waals surface area (Å²) in [6, 6.07) is 5.81. The zero-order valence-corrected chi connectivity index (χ0v) is 19.3. The standard InChI is InChI=1S/C23H29ClN2O5/c1-6-31-13-7-12-26(22(28)17-8-10-18(24)11-9-17)16(4)21(27)19-14(2)20(23(29)30-5)25-15(19)3/h8-11,16,25H,6-7,12-13H2,1-5H3/t16-/m1/s1. The van der Waals surface area contributed by atoms with Crippen LogP contribution in [0.4, 0.5) is 0 Å². The molecule has 0 saturated carbocycles. The summed E-state index contributed by atoms with van der Waals surface area (Å²) in [4.78, 5) is 43.1. The number of hydrogen-bond acceptors (Lipinski definition) is 5. The quantitative estimate of drug-likeness (QED) is 0.334. The van der Waals surface area contributed by atoms with Gasteiger partial charge in [-0.25, -0.2) is 4.79 Å². The molecule has 0 aliphatic rings. The van der Waals surface area contributed by atoms with E-state index in [9.17, 15) is 14.4 Å². The first-order chi connectivity index (χ1) is 14.7. The van der Waals surface area contributed by atoms with Crippen molar-refractivity contribution in [1.29, 1.82) is 0 Å². The number of ketones is 1. The Labute approximate surface area is 187 Å². The van der Waals surface area contributed by atoms with Gasteiger partial charge in [-0.15, -0.1) is 0 Å². The number of methoxy groups -OCH3 is 1. The minimum absolute atomic E-state index is 0.238. The van der Waals surface area contributed by atoms with E-state index >= 15 is 0 Å². The molecule has 1 heterocycles. The SMILES string of the molecule is CCOCCCN(C(=O)c1ccc(Cl)cc1)[C@H](C)C(=O)c1c(C)[nH]c(C(=O)OC)c1C. The normalized spacial score (nSPS) is 11.8. The van der Waals surface area contributed by atoms with Crippen molar-refractivity contribution in [1.82, 2.24) is 9.88 Å². The van der Waals surface area contributed by atoms with Gasteiger partial charge in [0.05, 0.1) is 13.2 Å². The number of rotatable bonds is 10. The average molecular weight is 449 g/mol. The van der Waals surface area contributed by atoms with E-state index in [2.05, 4.69) is 4.98 Å². The number of carbonyl (C=O) groups is 3. The van der Waals surface area contributed by atoms with Gasteiger partial charge in [0.2, 0.25) is 0 Å². The fourth-order valence-corrected chi connectivity index (χ4v) is 3.61. The van der Waals surface area contributed by atoms with Crippen LogP contribution >= 0.6 is 11.6 Å². The molecule has 2 aromatic rings. The molecule has 0 spiro atoms. The molecule has 0 unspecified atom stereocenters. The maximum atomic E-state index is 13.4. The van der Waals surface area contributed by atoms with Crippen molar-refractivity contribution in [2.75, 3.05) is 26.9 Å². The topological polar surface area (TPSA) is 88.7 Å². The molecule has 0 aliphatic heterocycles. The number of aromatic nitrogens is 1. The van der Waals surface area contributed by atoms with E-state index in [1.165, 1.54) is 12.0 Å². The smallest absolute Gasteiger partial charge is 0.354 e. The minimum Gasteiger partial charge on any atom is -0.464 e. The number of benzene rings is 1. The van der Waals surface area contributed by atoms with Crippen molar-refractivity contribution in [3.63, 3.8) is 0 Å². The molecule has 0 fully saturated rings. The zero-order valence-electron chi connectivity index (χ0n) is 18.6. The highest BCUT2D eigenvalue weighted by Crippen LogP contribution is 2.23. The van der Waals surface area contributed by atoms with Crippen molar-refractivity contribution < 1.29 is 23.9 Å². The first-order valence-electron chi connectivity index (χ1n) is 10.2. The predicted molar refractivity (Wildman–Crippen MR) is 119 cm³/mol. The van der Waals surface area contributed by atoms with Crippen molar-refractivity contribution >= 4 is 29.3 Å². The Hall–Kier alpha value is -2.64. The molecular formula is C23H29ClN2O5. The van der Waals surface area contributed by atoms with Crippen LogP contribution < -0.4 is 0 Å². The van der Waals surface area contributed by atoms with Gasteiger partial charge >= 0.3 is 5.97 Å². The van der Waals surface area contributed by atoms with Crippen molar-refractivity contribution in [2.45, 2.75) is 40.2 Å². The third kappa shape index (κ3) is 5.74. The van der Waals surface area contributed by atoms with Crippen LogP contribution in [0.25, 0.3) is 0 Å². The first-order valence-corrected chi connectivity index (χ1v) is 10.6. The summed E-state index contributed by atoms with van der Waals surface area (Å²) >= 11 is 5.95. The van der Waals surface area contributed by atoms with Gasteiger partial charge in [0.25, 0.3) is 5.91 Å². The largest absolute Gasteiger partial charge is 0.464 e. The first kappa shape index (κ1) is 24.6. The Morgan fingerprint density at radius 2 is 1.81 bits per heavy atom. The summed E-state index contributed by atoms with van der Waals surface area (Å²) in [7, 11) is 1.28. The van der Waals surface area contributed by atoms with Crippen LogP contribution in [0.2, 0.25) is 5.02 Å². The molecule has 0 aliphatic carbocycles. The van der Waals surface area contributed by atoms with Gasteiger partial charge in [-0.1, -0.05) is 11.6 Å². The number of H-pyrrole nitrogens is 1. The second-order valence-corrected chi connectivity index (χ2v) is 7.65. The zero-order chi connectivity index (χ0) is 23.1. The summed E-state index contributed by atoms with van der Waals surface area (Å²) in [5.74, 6) is -1.06. The van der Waals surface area contributed by atoms with Crippen LogP contribution in [0.5, 0.6) is 0 Å².